The molecule has 3 nitrogen and oxygen atoms in total. The second-order valence-electron chi connectivity index (χ2n) is 4.04. The van der Waals surface area contributed by atoms with Crippen LogP contribution in [0, 0.1) is 11.3 Å². The molecule has 2 aromatic rings. The number of nitrogens with one attached hydrogen (secondary N) is 1. The highest BCUT2D eigenvalue weighted by Crippen LogP contribution is 2.27. The number of nitriles is 1. The van der Waals surface area contributed by atoms with Crippen LogP contribution in [0.5, 0.6) is 0 Å². The monoisotopic (exact) mass is 259 g/mol. The van der Waals surface area contributed by atoms with Crippen LogP contribution < -0.4 is 5.32 Å². The van der Waals surface area contributed by atoms with Gasteiger partial charge in [0.05, 0.1) is 22.3 Å². The molecule has 1 aromatic heterocycles. The molecule has 1 N–H and O–H groups in total. The van der Waals surface area contributed by atoms with E-state index >= 15 is 0 Å². The van der Waals surface area contributed by atoms with Crippen molar-refractivity contribution < 1.29 is 0 Å². The van der Waals surface area contributed by atoms with Gasteiger partial charge in [0, 0.05) is 24.5 Å². The molecule has 0 radical (unpaired) electrons. The molecule has 0 atom stereocenters. The average Bonchev–Trinajstić information content (AvgIpc) is 2.41. The maximum absolute atomic E-state index is 8.46. The minimum absolute atomic E-state index is 0.612. The summed E-state index contributed by atoms with van der Waals surface area (Å²) in [6.07, 6.45) is 4.27. The fourth-order valence-electron chi connectivity index (χ4n) is 1.83. The van der Waals surface area contributed by atoms with Crippen molar-refractivity contribution in [1.82, 2.24) is 4.98 Å². The van der Waals surface area contributed by atoms with Crippen LogP contribution in [0.2, 0.25) is 5.02 Å². The van der Waals surface area contributed by atoms with Gasteiger partial charge in [-0.15, -0.1) is 0 Å². The van der Waals surface area contributed by atoms with Crippen molar-refractivity contribution >= 4 is 28.2 Å². The zero-order chi connectivity index (χ0) is 12.8. The summed E-state index contributed by atoms with van der Waals surface area (Å²) < 4.78 is 0. The number of pyridine rings is 1. The van der Waals surface area contributed by atoms with Crippen LogP contribution in [0.3, 0.4) is 0 Å². The van der Waals surface area contributed by atoms with Gasteiger partial charge < -0.3 is 5.32 Å². The third kappa shape index (κ3) is 2.91. The van der Waals surface area contributed by atoms with Gasteiger partial charge in [0.25, 0.3) is 0 Å². The minimum atomic E-state index is 0.612. The maximum Gasteiger partial charge on any atom is 0.0948 e. The van der Waals surface area contributed by atoms with Gasteiger partial charge >= 0.3 is 0 Å². The van der Waals surface area contributed by atoms with Crippen LogP contribution in [-0.2, 0) is 0 Å². The number of anilines is 1. The summed E-state index contributed by atoms with van der Waals surface area (Å²) in [6, 6.07) is 9.81. The zero-order valence-corrected chi connectivity index (χ0v) is 10.7. The number of hydrogen-bond acceptors (Lipinski definition) is 3. The van der Waals surface area contributed by atoms with E-state index in [0.717, 1.165) is 36.0 Å². The largest absolute Gasteiger partial charge is 0.383 e. The number of fused-ring (bicyclic) bond motifs is 1. The topological polar surface area (TPSA) is 48.7 Å². The van der Waals surface area contributed by atoms with E-state index in [9.17, 15) is 0 Å². The molecule has 0 aliphatic heterocycles. The standard InChI is InChI=1S/C14H14ClN3/c15-12-6-7-13(17-9-3-1-2-8-16)14-11(12)5-4-10-18-14/h4-7,10,17H,1-3,9H2. The number of unbranched alkanes of at least 4 members (excludes halogenated alkanes) is 2. The van der Waals surface area contributed by atoms with E-state index in [0.29, 0.717) is 11.4 Å². The minimum Gasteiger partial charge on any atom is -0.383 e. The van der Waals surface area contributed by atoms with Gasteiger partial charge in [0.2, 0.25) is 0 Å². The van der Waals surface area contributed by atoms with Crippen molar-refractivity contribution in [2.24, 2.45) is 0 Å². The molecule has 0 unspecified atom stereocenters. The highest BCUT2D eigenvalue weighted by Gasteiger charge is 2.04. The first kappa shape index (κ1) is 12.7. The predicted molar refractivity (Wildman–Crippen MR) is 74.7 cm³/mol. The zero-order valence-electron chi connectivity index (χ0n) is 9.99. The number of halogens is 1. The van der Waals surface area contributed by atoms with Crippen molar-refractivity contribution in [3.05, 3.63) is 35.5 Å². The molecular weight excluding hydrogens is 246 g/mol. The normalized spacial score (nSPS) is 10.2. The summed E-state index contributed by atoms with van der Waals surface area (Å²) in [5, 5.41) is 13.5. The van der Waals surface area contributed by atoms with Crippen LogP contribution in [0.1, 0.15) is 19.3 Å². The quantitative estimate of drug-likeness (QED) is 0.826. The Balaban J connectivity index is 2.09. The molecule has 4 heteroatoms. The molecule has 0 aliphatic carbocycles. The number of nitrogens with zero attached hydrogens (tertiary/aromatic N) is 2. The molecule has 0 saturated carbocycles. The van der Waals surface area contributed by atoms with Crippen LogP contribution in [0.25, 0.3) is 10.9 Å². The van der Waals surface area contributed by atoms with E-state index in [-0.39, 0.29) is 0 Å². The summed E-state index contributed by atoms with van der Waals surface area (Å²) >= 11 is 6.13. The Kier molecular flexibility index (Phi) is 4.38. The average molecular weight is 260 g/mol. The van der Waals surface area contributed by atoms with E-state index in [2.05, 4.69) is 16.4 Å². The molecule has 0 spiro atoms. The van der Waals surface area contributed by atoms with Crippen molar-refractivity contribution in [1.29, 1.82) is 5.26 Å². The van der Waals surface area contributed by atoms with E-state index in [4.69, 9.17) is 16.9 Å². The van der Waals surface area contributed by atoms with Crippen molar-refractivity contribution in [2.45, 2.75) is 19.3 Å². The van der Waals surface area contributed by atoms with Crippen LogP contribution in [0.15, 0.2) is 30.5 Å². The van der Waals surface area contributed by atoms with Crippen LogP contribution in [0.4, 0.5) is 5.69 Å². The predicted octanol–water partition coefficient (Wildman–Crippen LogP) is 3.99. The summed E-state index contributed by atoms with van der Waals surface area (Å²) in [7, 11) is 0. The van der Waals surface area contributed by atoms with E-state index in [1.807, 2.05) is 24.3 Å². The van der Waals surface area contributed by atoms with Gasteiger partial charge in [-0.3, -0.25) is 4.98 Å². The lowest BCUT2D eigenvalue weighted by Crippen LogP contribution is -2.02. The maximum atomic E-state index is 8.46. The Bertz CT molecular complexity index is 575. The molecule has 0 bridgehead atoms. The van der Waals surface area contributed by atoms with E-state index in [1.54, 1.807) is 6.20 Å². The molecule has 0 saturated heterocycles. The highest BCUT2D eigenvalue weighted by molar-refractivity contribution is 6.35. The first-order valence-electron chi connectivity index (χ1n) is 5.97. The molecule has 92 valence electrons. The Hall–Kier alpha value is -1.79. The van der Waals surface area contributed by atoms with Gasteiger partial charge in [-0.25, -0.2) is 0 Å². The van der Waals surface area contributed by atoms with E-state index < -0.39 is 0 Å². The third-order valence-electron chi connectivity index (χ3n) is 2.75. The Morgan fingerprint density at radius 2 is 2.17 bits per heavy atom. The molecule has 18 heavy (non-hydrogen) atoms. The van der Waals surface area contributed by atoms with Gasteiger partial charge in [0.15, 0.2) is 0 Å². The smallest absolute Gasteiger partial charge is 0.0948 e. The molecule has 0 amide bonds. The highest BCUT2D eigenvalue weighted by atomic mass is 35.5. The number of aromatic nitrogens is 1. The van der Waals surface area contributed by atoms with Crippen LogP contribution >= 0.6 is 11.6 Å². The molecule has 1 aromatic carbocycles. The van der Waals surface area contributed by atoms with Gasteiger partial charge in [-0.2, -0.15) is 5.26 Å². The molecular formula is C14H14ClN3. The van der Waals surface area contributed by atoms with Crippen molar-refractivity contribution in [2.75, 3.05) is 11.9 Å². The number of rotatable bonds is 5. The lowest BCUT2D eigenvalue weighted by Gasteiger charge is -2.09. The Morgan fingerprint density at radius 3 is 3.00 bits per heavy atom. The summed E-state index contributed by atoms with van der Waals surface area (Å²) in [6.45, 7) is 0.842. The first-order chi connectivity index (χ1) is 8.83. The fourth-order valence-corrected chi connectivity index (χ4v) is 2.05. The number of benzene rings is 1. The SMILES string of the molecule is N#CCCCCNc1ccc(Cl)c2cccnc12. The van der Waals surface area contributed by atoms with Gasteiger partial charge in [-0.1, -0.05) is 11.6 Å². The van der Waals surface area contributed by atoms with Crippen molar-refractivity contribution in [3.8, 4) is 6.07 Å². The lowest BCUT2D eigenvalue weighted by molar-refractivity contribution is 0.785. The fraction of sp³-hybridized carbons (Fsp3) is 0.286. The molecule has 2 rings (SSSR count). The molecule has 0 aliphatic rings. The van der Waals surface area contributed by atoms with Crippen molar-refractivity contribution in [3.63, 3.8) is 0 Å². The summed E-state index contributed by atoms with van der Waals surface area (Å²) in [5.74, 6) is 0. The lowest BCUT2D eigenvalue weighted by atomic mass is 10.2. The first-order valence-corrected chi connectivity index (χ1v) is 6.35. The summed E-state index contributed by atoms with van der Waals surface area (Å²) in [5.41, 5.74) is 1.89. The van der Waals surface area contributed by atoms with Gasteiger partial charge in [0.1, 0.15) is 0 Å². The molecule has 1 heterocycles. The number of hydrogen-bond donors (Lipinski definition) is 1. The van der Waals surface area contributed by atoms with Crippen LogP contribution in [-0.4, -0.2) is 11.5 Å². The second-order valence-corrected chi connectivity index (χ2v) is 4.44. The second kappa shape index (κ2) is 6.23. The van der Waals surface area contributed by atoms with Gasteiger partial charge in [-0.05, 0) is 37.1 Å². The molecule has 0 fully saturated rings. The Labute approximate surface area is 111 Å². The third-order valence-corrected chi connectivity index (χ3v) is 3.08. The summed E-state index contributed by atoms with van der Waals surface area (Å²) in [4.78, 5) is 4.36. The van der Waals surface area contributed by atoms with E-state index in [1.165, 1.54) is 0 Å². The Morgan fingerprint density at radius 1 is 1.28 bits per heavy atom.